The van der Waals surface area contributed by atoms with E-state index in [0.717, 1.165) is 12.1 Å². The van der Waals surface area contributed by atoms with E-state index in [2.05, 4.69) is 21.0 Å². The van der Waals surface area contributed by atoms with Gasteiger partial charge in [-0.15, -0.1) is 0 Å². The third-order valence-electron chi connectivity index (χ3n) is 2.86. The van der Waals surface area contributed by atoms with Crippen molar-refractivity contribution in [2.45, 2.75) is 33.1 Å². The average Bonchev–Trinajstić information content (AvgIpc) is 2.52. The van der Waals surface area contributed by atoms with Gasteiger partial charge in [-0.25, -0.2) is 10.8 Å². The maximum absolute atomic E-state index is 12.0. The number of carbonyl (C=O) groups excluding carboxylic acids is 2. The van der Waals surface area contributed by atoms with E-state index in [1.54, 1.807) is 12.1 Å². The quantitative estimate of drug-likeness (QED) is 0.414. The number of hydrogen-bond donors (Lipinski definition) is 4. The van der Waals surface area contributed by atoms with E-state index < -0.39 is 0 Å². The predicted molar refractivity (Wildman–Crippen MR) is 81.7 cm³/mol. The van der Waals surface area contributed by atoms with Crippen LogP contribution >= 0.6 is 0 Å². The summed E-state index contributed by atoms with van der Waals surface area (Å²) in [5, 5.41) is 5.47. The first-order chi connectivity index (χ1) is 10.1. The third kappa shape index (κ3) is 5.78. The largest absolute Gasteiger partial charge is 0.356 e. The molecule has 0 saturated heterocycles. The number of hydrazine groups is 1. The Balaban J connectivity index is 2.53. The van der Waals surface area contributed by atoms with Crippen LogP contribution < -0.4 is 21.9 Å². The minimum Gasteiger partial charge on any atom is -0.356 e. The summed E-state index contributed by atoms with van der Waals surface area (Å²) in [5.74, 6) is 5.47. The van der Waals surface area contributed by atoms with Gasteiger partial charge >= 0.3 is 0 Å². The lowest BCUT2D eigenvalue weighted by Gasteiger charge is -2.09. The second-order valence-electron chi connectivity index (χ2n) is 4.59. The van der Waals surface area contributed by atoms with Gasteiger partial charge in [-0.1, -0.05) is 13.8 Å². The van der Waals surface area contributed by atoms with Crippen molar-refractivity contribution in [2.75, 3.05) is 18.5 Å². The number of nitrogens with one attached hydrogen (secondary N) is 3. The molecule has 21 heavy (non-hydrogen) atoms. The van der Waals surface area contributed by atoms with Crippen molar-refractivity contribution in [3.63, 3.8) is 0 Å². The molecule has 7 nitrogen and oxygen atoms in total. The van der Waals surface area contributed by atoms with Crippen LogP contribution in [0.3, 0.4) is 0 Å². The summed E-state index contributed by atoms with van der Waals surface area (Å²) < 4.78 is 0. The summed E-state index contributed by atoms with van der Waals surface area (Å²) in [6.45, 7) is 4.88. The summed E-state index contributed by atoms with van der Waals surface area (Å²) in [6, 6.07) is 3.29. The van der Waals surface area contributed by atoms with Crippen LogP contribution in [0.25, 0.3) is 0 Å². The number of nitrogens with zero attached hydrogens (tertiary/aromatic N) is 1. The topological polar surface area (TPSA) is 109 Å². The standard InChI is InChI=1S/C14H23N5O2/c1-3-6-16-13(20)5-7-17-14(21)10-8-11(4-2)18-12(9-10)19-15/h8-9H,3-7,15H2,1-2H3,(H,16,20)(H,17,21)(H,18,19). The van der Waals surface area contributed by atoms with Gasteiger partial charge in [0.15, 0.2) is 0 Å². The minimum atomic E-state index is -0.244. The highest BCUT2D eigenvalue weighted by atomic mass is 16.2. The van der Waals surface area contributed by atoms with Crippen LogP contribution in [0.5, 0.6) is 0 Å². The number of pyridine rings is 1. The molecule has 0 spiro atoms. The molecule has 0 aromatic carbocycles. The van der Waals surface area contributed by atoms with Crippen LogP contribution in [0.15, 0.2) is 12.1 Å². The fourth-order valence-corrected chi connectivity index (χ4v) is 1.72. The van der Waals surface area contributed by atoms with E-state index in [0.29, 0.717) is 30.9 Å². The minimum absolute atomic E-state index is 0.0644. The third-order valence-corrected chi connectivity index (χ3v) is 2.86. The molecule has 5 N–H and O–H groups in total. The Labute approximate surface area is 124 Å². The first kappa shape index (κ1) is 16.9. The van der Waals surface area contributed by atoms with Crippen molar-refractivity contribution in [1.82, 2.24) is 15.6 Å². The highest BCUT2D eigenvalue weighted by Gasteiger charge is 2.09. The van der Waals surface area contributed by atoms with Crippen LogP contribution in [-0.2, 0) is 11.2 Å². The molecule has 0 radical (unpaired) electrons. The monoisotopic (exact) mass is 293 g/mol. The van der Waals surface area contributed by atoms with Crippen molar-refractivity contribution in [2.24, 2.45) is 5.84 Å². The zero-order valence-corrected chi connectivity index (χ0v) is 12.5. The number of aryl methyl sites for hydroxylation is 1. The molecule has 0 aliphatic heterocycles. The molecular formula is C14H23N5O2. The number of amides is 2. The molecule has 1 aromatic rings. The number of anilines is 1. The van der Waals surface area contributed by atoms with E-state index in [1.165, 1.54) is 0 Å². The van der Waals surface area contributed by atoms with Gasteiger partial charge in [-0.2, -0.15) is 0 Å². The summed E-state index contributed by atoms with van der Waals surface area (Å²) in [6.07, 6.45) is 1.86. The van der Waals surface area contributed by atoms with E-state index >= 15 is 0 Å². The molecule has 0 atom stereocenters. The molecule has 2 amide bonds. The van der Waals surface area contributed by atoms with Crippen molar-refractivity contribution in [3.05, 3.63) is 23.4 Å². The molecule has 1 heterocycles. The Bertz CT molecular complexity index is 468. The zero-order chi connectivity index (χ0) is 15.7. The van der Waals surface area contributed by atoms with Gasteiger partial charge in [0.05, 0.1) is 0 Å². The first-order valence-electron chi connectivity index (χ1n) is 7.13. The summed E-state index contributed by atoms with van der Waals surface area (Å²) in [7, 11) is 0. The number of hydrogen-bond acceptors (Lipinski definition) is 5. The van der Waals surface area contributed by atoms with Crippen LogP contribution in [0.4, 0.5) is 5.82 Å². The van der Waals surface area contributed by atoms with Crippen LogP contribution in [0.2, 0.25) is 0 Å². The molecular weight excluding hydrogens is 270 g/mol. The number of carbonyl (C=O) groups is 2. The average molecular weight is 293 g/mol. The lowest BCUT2D eigenvalue weighted by atomic mass is 10.2. The van der Waals surface area contributed by atoms with Gasteiger partial charge < -0.3 is 16.1 Å². The first-order valence-corrected chi connectivity index (χ1v) is 7.13. The van der Waals surface area contributed by atoms with Crippen molar-refractivity contribution in [3.8, 4) is 0 Å². The van der Waals surface area contributed by atoms with Gasteiger partial charge in [0.25, 0.3) is 5.91 Å². The Morgan fingerprint density at radius 1 is 1.19 bits per heavy atom. The Kier molecular flexibility index (Phi) is 7.17. The smallest absolute Gasteiger partial charge is 0.251 e. The molecule has 0 unspecified atom stereocenters. The van der Waals surface area contributed by atoms with Crippen molar-refractivity contribution >= 4 is 17.6 Å². The summed E-state index contributed by atoms with van der Waals surface area (Å²) in [4.78, 5) is 27.7. The molecule has 116 valence electrons. The zero-order valence-electron chi connectivity index (χ0n) is 12.5. The maximum Gasteiger partial charge on any atom is 0.251 e. The molecule has 1 rings (SSSR count). The van der Waals surface area contributed by atoms with Crippen molar-refractivity contribution < 1.29 is 9.59 Å². The van der Waals surface area contributed by atoms with Crippen LogP contribution in [0.1, 0.15) is 42.7 Å². The Morgan fingerprint density at radius 2 is 1.95 bits per heavy atom. The number of nitrogen functional groups attached to an aromatic ring is 1. The number of rotatable bonds is 8. The Morgan fingerprint density at radius 3 is 2.57 bits per heavy atom. The second kappa shape index (κ2) is 8.91. The van der Waals surface area contributed by atoms with Crippen LogP contribution in [-0.4, -0.2) is 29.9 Å². The molecule has 0 aliphatic rings. The van der Waals surface area contributed by atoms with Gasteiger partial charge in [0.1, 0.15) is 5.82 Å². The lowest BCUT2D eigenvalue weighted by molar-refractivity contribution is -0.120. The molecule has 0 aliphatic carbocycles. The van der Waals surface area contributed by atoms with E-state index in [-0.39, 0.29) is 18.2 Å². The van der Waals surface area contributed by atoms with Gasteiger partial charge in [-0.3, -0.25) is 9.59 Å². The molecule has 0 bridgehead atoms. The van der Waals surface area contributed by atoms with Crippen molar-refractivity contribution in [1.29, 1.82) is 0 Å². The summed E-state index contributed by atoms with van der Waals surface area (Å²) in [5.41, 5.74) is 3.69. The highest BCUT2D eigenvalue weighted by molar-refractivity contribution is 5.95. The maximum atomic E-state index is 12.0. The number of nitrogens with two attached hydrogens (primary N) is 1. The SMILES string of the molecule is CCCNC(=O)CCNC(=O)c1cc(CC)nc(NN)c1. The molecule has 0 fully saturated rings. The van der Waals surface area contributed by atoms with E-state index in [9.17, 15) is 9.59 Å². The molecule has 1 aromatic heterocycles. The van der Waals surface area contributed by atoms with Gasteiger partial charge in [0, 0.05) is 30.8 Å². The normalized spacial score (nSPS) is 10.0. The van der Waals surface area contributed by atoms with Gasteiger partial charge in [-0.05, 0) is 25.0 Å². The fraction of sp³-hybridized carbons (Fsp3) is 0.500. The van der Waals surface area contributed by atoms with Crippen LogP contribution in [0, 0.1) is 0 Å². The highest BCUT2D eigenvalue weighted by Crippen LogP contribution is 2.10. The molecule has 7 heteroatoms. The van der Waals surface area contributed by atoms with Gasteiger partial charge in [0.2, 0.25) is 5.91 Å². The lowest BCUT2D eigenvalue weighted by Crippen LogP contribution is -2.31. The van der Waals surface area contributed by atoms with E-state index in [4.69, 9.17) is 5.84 Å². The predicted octanol–water partition coefficient (Wildman–Crippen LogP) is 0.576. The fourth-order valence-electron chi connectivity index (χ4n) is 1.72. The number of aromatic nitrogens is 1. The Hall–Kier alpha value is -2.15. The molecule has 0 saturated carbocycles. The second-order valence-corrected chi connectivity index (χ2v) is 4.59. The van der Waals surface area contributed by atoms with E-state index in [1.807, 2.05) is 13.8 Å². The summed E-state index contributed by atoms with van der Waals surface area (Å²) >= 11 is 0.